The van der Waals surface area contributed by atoms with Crippen molar-refractivity contribution in [1.82, 2.24) is 4.90 Å². The normalized spacial score (nSPS) is 14.9. The summed E-state index contributed by atoms with van der Waals surface area (Å²) < 4.78 is 33.4. The van der Waals surface area contributed by atoms with Crippen LogP contribution in [0.1, 0.15) is 41.3 Å². The number of nitrogens with one attached hydrogen (secondary N) is 1. The number of benzene rings is 2. The molecule has 1 heterocycles. The van der Waals surface area contributed by atoms with E-state index < -0.39 is 10.0 Å². The Kier molecular flexibility index (Phi) is 7.00. The molecule has 7 nitrogen and oxygen atoms in total. The topological polar surface area (TPSA) is 92.8 Å². The first kappa shape index (κ1) is 22.8. The fourth-order valence-corrected chi connectivity index (χ4v) is 4.75. The molecule has 0 radical (unpaired) electrons. The number of likely N-dealkylation sites (tertiary alicyclic amines) is 1. The van der Waals surface area contributed by atoms with Crippen molar-refractivity contribution >= 4 is 27.6 Å². The second kappa shape index (κ2) is 9.51. The van der Waals surface area contributed by atoms with Crippen molar-refractivity contribution in [2.45, 2.75) is 38.5 Å². The van der Waals surface area contributed by atoms with Gasteiger partial charge in [0.05, 0.1) is 17.4 Å². The largest absolute Gasteiger partial charge is 0.466 e. The molecule has 8 heteroatoms. The fraction of sp³-hybridized carbons (Fsp3) is 0.391. The maximum Gasteiger partial charge on any atom is 0.309 e. The minimum atomic E-state index is -3.84. The first-order valence-electron chi connectivity index (χ1n) is 10.4. The van der Waals surface area contributed by atoms with Gasteiger partial charge in [-0.15, -0.1) is 0 Å². The van der Waals surface area contributed by atoms with Crippen molar-refractivity contribution in [1.29, 1.82) is 0 Å². The first-order valence-corrected chi connectivity index (χ1v) is 11.9. The van der Waals surface area contributed by atoms with Gasteiger partial charge in [0.15, 0.2) is 0 Å². The zero-order valence-electron chi connectivity index (χ0n) is 18.1. The molecule has 31 heavy (non-hydrogen) atoms. The summed E-state index contributed by atoms with van der Waals surface area (Å²) in [6, 6.07) is 11.6. The molecule has 0 aromatic heterocycles. The number of amides is 1. The van der Waals surface area contributed by atoms with Gasteiger partial charge in [0.1, 0.15) is 0 Å². The highest BCUT2D eigenvalue weighted by Crippen LogP contribution is 2.24. The smallest absolute Gasteiger partial charge is 0.309 e. The van der Waals surface area contributed by atoms with Crippen LogP contribution in [0, 0.1) is 19.8 Å². The van der Waals surface area contributed by atoms with Crippen molar-refractivity contribution in [3.8, 4) is 0 Å². The van der Waals surface area contributed by atoms with E-state index in [1.165, 1.54) is 12.1 Å². The van der Waals surface area contributed by atoms with Crippen LogP contribution in [0.25, 0.3) is 0 Å². The molecule has 0 saturated carbocycles. The molecule has 1 amide bonds. The first-order chi connectivity index (χ1) is 14.7. The van der Waals surface area contributed by atoms with Crippen LogP contribution in [-0.2, 0) is 19.6 Å². The molecule has 2 aromatic carbocycles. The van der Waals surface area contributed by atoms with Gasteiger partial charge in [-0.25, -0.2) is 8.42 Å². The van der Waals surface area contributed by atoms with Crippen molar-refractivity contribution in [2.75, 3.05) is 24.4 Å². The predicted octanol–water partition coefficient (Wildman–Crippen LogP) is 3.52. The number of nitrogens with zero attached hydrogens (tertiary/aromatic N) is 1. The molecule has 0 bridgehead atoms. The van der Waals surface area contributed by atoms with Gasteiger partial charge in [-0.05, 0) is 69.0 Å². The zero-order chi connectivity index (χ0) is 22.6. The van der Waals surface area contributed by atoms with E-state index in [0.29, 0.717) is 49.4 Å². The average molecular weight is 445 g/mol. The lowest BCUT2D eigenvalue weighted by Gasteiger charge is -2.31. The van der Waals surface area contributed by atoms with E-state index in [4.69, 9.17) is 4.74 Å². The Balaban J connectivity index is 1.76. The minimum Gasteiger partial charge on any atom is -0.466 e. The van der Waals surface area contributed by atoms with Gasteiger partial charge < -0.3 is 9.64 Å². The maximum atomic E-state index is 13.1. The van der Waals surface area contributed by atoms with Crippen LogP contribution in [0.5, 0.6) is 0 Å². The molecule has 1 aliphatic rings. The van der Waals surface area contributed by atoms with Crippen LogP contribution in [0.4, 0.5) is 5.69 Å². The summed E-state index contributed by atoms with van der Waals surface area (Å²) in [5.41, 5.74) is 2.45. The zero-order valence-corrected chi connectivity index (χ0v) is 18.9. The number of carbonyl (C=O) groups excluding carboxylic acids is 2. The number of hydrogen-bond donors (Lipinski definition) is 1. The molecule has 0 unspecified atom stereocenters. The van der Waals surface area contributed by atoms with Gasteiger partial charge >= 0.3 is 5.97 Å². The SMILES string of the molecule is CCOC(=O)C1CCN(C(=O)c2cc(S(=O)(=O)Nc3cccc(C)c3)ccc2C)CC1. The summed E-state index contributed by atoms with van der Waals surface area (Å²) in [5.74, 6) is -0.649. The number of esters is 1. The summed E-state index contributed by atoms with van der Waals surface area (Å²) in [6.07, 6.45) is 1.08. The second-order valence-corrected chi connectivity index (χ2v) is 9.45. The number of ether oxygens (including phenoxy) is 1. The number of piperidine rings is 1. The lowest BCUT2D eigenvalue weighted by molar-refractivity contribution is -0.149. The third kappa shape index (κ3) is 5.44. The van der Waals surface area contributed by atoms with E-state index in [2.05, 4.69) is 4.72 Å². The van der Waals surface area contributed by atoms with Crippen LogP contribution in [0.15, 0.2) is 47.4 Å². The van der Waals surface area contributed by atoms with Crippen LogP contribution in [0.2, 0.25) is 0 Å². The Morgan fingerprint density at radius 3 is 2.45 bits per heavy atom. The molecular weight excluding hydrogens is 416 g/mol. The third-order valence-corrected chi connectivity index (χ3v) is 6.80. The Hall–Kier alpha value is -2.87. The summed E-state index contributed by atoms with van der Waals surface area (Å²) >= 11 is 0. The minimum absolute atomic E-state index is 0.0318. The van der Waals surface area contributed by atoms with E-state index in [1.54, 1.807) is 43.0 Å². The molecule has 166 valence electrons. The van der Waals surface area contributed by atoms with Gasteiger partial charge in [-0.3, -0.25) is 14.3 Å². The van der Waals surface area contributed by atoms with Crippen molar-refractivity contribution in [2.24, 2.45) is 5.92 Å². The van der Waals surface area contributed by atoms with E-state index in [1.807, 2.05) is 13.0 Å². The van der Waals surface area contributed by atoms with Gasteiger partial charge in [-0.1, -0.05) is 18.2 Å². The Labute approximate surface area is 183 Å². The Bertz CT molecular complexity index is 1070. The molecule has 2 aromatic rings. The lowest BCUT2D eigenvalue weighted by atomic mass is 9.96. The fourth-order valence-electron chi connectivity index (χ4n) is 3.67. The van der Waals surface area contributed by atoms with Gasteiger partial charge in [-0.2, -0.15) is 0 Å². The predicted molar refractivity (Wildman–Crippen MR) is 118 cm³/mol. The molecule has 0 atom stereocenters. The van der Waals surface area contributed by atoms with Crippen molar-refractivity contribution in [3.05, 3.63) is 59.2 Å². The van der Waals surface area contributed by atoms with E-state index in [0.717, 1.165) is 5.56 Å². The average Bonchev–Trinajstić information content (AvgIpc) is 2.73. The Morgan fingerprint density at radius 2 is 1.81 bits per heavy atom. The number of rotatable bonds is 6. The Morgan fingerprint density at radius 1 is 1.10 bits per heavy atom. The number of anilines is 1. The number of sulfonamides is 1. The maximum absolute atomic E-state index is 13.1. The third-order valence-electron chi connectivity index (χ3n) is 5.42. The highest BCUT2D eigenvalue weighted by Gasteiger charge is 2.29. The summed E-state index contributed by atoms with van der Waals surface area (Å²) in [6.45, 7) is 6.64. The standard InChI is InChI=1S/C23H28N2O5S/c1-4-30-23(27)18-10-12-25(13-11-18)22(26)21-15-20(9-8-17(21)3)31(28,29)24-19-7-5-6-16(2)14-19/h5-9,14-15,18,24H,4,10-13H2,1-3H3. The van der Waals surface area contributed by atoms with Gasteiger partial charge in [0.25, 0.3) is 15.9 Å². The molecule has 1 N–H and O–H groups in total. The summed E-state index contributed by atoms with van der Waals surface area (Å²) in [5, 5.41) is 0. The number of carbonyl (C=O) groups is 2. The summed E-state index contributed by atoms with van der Waals surface area (Å²) in [4.78, 5) is 26.7. The highest BCUT2D eigenvalue weighted by molar-refractivity contribution is 7.92. The summed E-state index contributed by atoms with van der Waals surface area (Å²) in [7, 11) is -3.84. The molecular formula is C23H28N2O5S. The van der Waals surface area contributed by atoms with E-state index >= 15 is 0 Å². The molecule has 0 spiro atoms. The van der Waals surface area contributed by atoms with Crippen LogP contribution < -0.4 is 4.72 Å². The van der Waals surface area contributed by atoms with Crippen LogP contribution in [-0.4, -0.2) is 44.9 Å². The molecule has 3 rings (SSSR count). The van der Waals surface area contributed by atoms with Gasteiger partial charge in [0, 0.05) is 24.3 Å². The number of hydrogen-bond acceptors (Lipinski definition) is 5. The molecule has 1 fully saturated rings. The van der Waals surface area contributed by atoms with E-state index in [9.17, 15) is 18.0 Å². The molecule has 1 aliphatic heterocycles. The second-order valence-electron chi connectivity index (χ2n) is 7.77. The highest BCUT2D eigenvalue weighted by atomic mass is 32.2. The van der Waals surface area contributed by atoms with Crippen LogP contribution >= 0.6 is 0 Å². The van der Waals surface area contributed by atoms with Crippen molar-refractivity contribution < 1.29 is 22.7 Å². The quantitative estimate of drug-likeness (QED) is 0.688. The molecule has 1 saturated heterocycles. The van der Waals surface area contributed by atoms with E-state index in [-0.39, 0.29) is 22.7 Å². The monoisotopic (exact) mass is 444 g/mol. The van der Waals surface area contributed by atoms with Gasteiger partial charge in [0.2, 0.25) is 0 Å². The van der Waals surface area contributed by atoms with Crippen molar-refractivity contribution in [3.63, 3.8) is 0 Å². The molecule has 0 aliphatic carbocycles. The van der Waals surface area contributed by atoms with Crippen LogP contribution in [0.3, 0.4) is 0 Å². The lowest BCUT2D eigenvalue weighted by Crippen LogP contribution is -2.41. The number of aryl methyl sites for hydroxylation is 2.